The van der Waals surface area contributed by atoms with Gasteiger partial charge in [0.25, 0.3) is 5.91 Å². The number of hydrogen-bond donors (Lipinski definition) is 1. The molecule has 6 nitrogen and oxygen atoms in total. The fraction of sp³-hybridized carbons (Fsp3) is 0.348. The molecule has 1 unspecified atom stereocenters. The predicted octanol–water partition coefficient (Wildman–Crippen LogP) is 3.98. The third-order valence-corrected chi connectivity index (χ3v) is 4.94. The van der Waals surface area contributed by atoms with Gasteiger partial charge in [0, 0.05) is 17.7 Å². The van der Waals surface area contributed by atoms with E-state index >= 15 is 0 Å². The number of carbonyl (C=O) groups is 3. The summed E-state index contributed by atoms with van der Waals surface area (Å²) < 4.78 is 5.67. The first-order valence-corrected chi connectivity index (χ1v) is 9.97. The fourth-order valence-corrected chi connectivity index (χ4v) is 3.40. The SMILES string of the molecule is CCCC(=O)c1ccc2c(c1)N(CC(=O)Nc1ccccc1CC)C(=O)C(C)O2. The van der Waals surface area contributed by atoms with Crippen LogP contribution in [0.2, 0.25) is 0 Å². The van der Waals surface area contributed by atoms with Crippen molar-refractivity contribution in [3.63, 3.8) is 0 Å². The summed E-state index contributed by atoms with van der Waals surface area (Å²) in [5.74, 6) is -0.115. The van der Waals surface area contributed by atoms with E-state index in [1.807, 2.05) is 38.1 Å². The minimum Gasteiger partial charge on any atom is -0.479 e. The number of anilines is 2. The first kappa shape index (κ1) is 20.6. The molecule has 1 atom stereocenters. The van der Waals surface area contributed by atoms with Gasteiger partial charge in [0.05, 0.1) is 5.69 Å². The molecule has 0 radical (unpaired) electrons. The van der Waals surface area contributed by atoms with Crippen LogP contribution in [-0.2, 0) is 16.0 Å². The largest absolute Gasteiger partial charge is 0.479 e. The third kappa shape index (κ3) is 4.47. The van der Waals surface area contributed by atoms with Crippen molar-refractivity contribution in [1.82, 2.24) is 0 Å². The molecule has 3 rings (SSSR count). The average Bonchev–Trinajstić information content (AvgIpc) is 2.71. The monoisotopic (exact) mass is 394 g/mol. The number of benzene rings is 2. The number of para-hydroxylation sites is 1. The van der Waals surface area contributed by atoms with Gasteiger partial charge in [-0.1, -0.05) is 32.0 Å². The van der Waals surface area contributed by atoms with Crippen molar-refractivity contribution in [2.75, 3.05) is 16.8 Å². The molecule has 1 aliphatic heterocycles. The van der Waals surface area contributed by atoms with E-state index in [9.17, 15) is 14.4 Å². The number of nitrogens with zero attached hydrogens (tertiary/aromatic N) is 1. The van der Waals surface area contributed by atoms with E-state index in [0.717, 1.165) is 24.1 Å². The number of ketones is 1. The molecule has 2 amide bonds. The van der Waals surface area contributed by atoms with Crippen LogP contribution in [0.15, 0.2) is 42.5 Å². The molecule has 0 saturated carbocycles. The molecule has 0 fully saturated rings. The molecule has 0 saturated heterocycles. The summed E-state index contributed by atoms with van der Waals surface area (Å²) in [7, 11) is 0. The minimum atomic E-state index is -0.699. The highest BCUT2D eigenvalue weighted by Gasteiger charge is 2.33. The Morgan fingerprint density at radius 1 is 1.14 bits per heavy atom. The van der Waals surface area contributed by atoms with E-state index in [2.05, 4.69) is 5.32 Å². The zero-order valence-corrected chi connectivity index (χ0v) is 17.0. The lowest BCUT2D eigenvalue weighted by Crippen LogP contribution is -2.47. The van der Waals surface area contributed by atoms with Gasteiger partial charge in [0.1, 0.15) is 12.3 Å². The fourth-order valence-electron chi connectivity index (χ4n) is 3.40. The second kappa shape index (κ2) is 8.90. The van der Waals surface area contributed by atoms with E-state index in [1.54, 1.807) is 25.1 Å². The maximum Gasteiger partial charge on any atom is 0.268 e. The highest BCUT2D eigenvalue weighted by atomic mass is 16.5. The number of aryl methyl sites for hydroxylation is 1. The Kier molecular flexibility index (Phi) is 6.32. The van der Waals surface area contributed by atoms with Gasteiger partial charge in [0.15, 0.2) is 11.9 Å². The topological polar surface area (TPSA) is 75.7 Å². The maximum atomic E-state index is 12.7. The normalized spacial score (nSPS) is 15.5. The summed E-state index contributed by atoms with van der Waals surface area (Å²) in [6.45, 7) is 5.46. The van der Waals surface area contributed by atoms with E-state index in [0.29, 0.717) is 23.4 Å². The Morgan fingerprint density at radius 3 is 2.62 bits per heavy atom. The van der Waals surface area contributed by atoms with E-state index in [1.165, 1.54) is 4.90 Å². The Morgan fingerprint density at radius 2 is 1.90 bits per heavy atom. The lowest BCUT2D eigenvalue weighted by molar-refractivity contribution is -0.127. The van der Waals surface area contributed by atoms with Gasteiger partial charge in [-0.15, -0.1) is 0 Å². The number of nitrogens with one attached hydrogen (secondary N) is 1. The summed E-state index contributed by atoms with van der Waals surface area (Å²) in [5, 5.41) is 2.89. The smallest absolute Gasteiger partial charge is 0.268 e. The molecular weight excluding hydrogens is 368 g/mol. The molecule has 1 aliphatic rings. The van der Waals surface area contributed by atoms with E-state index < -0.39 is 6.10 Å². The quantitative estimate of drug-likeness (QED) is 0.721. The lowest BCUT2D eigenvalue weighted by Gasteiger charge is -2.33. The molecule has 1 N–H and O–H groups in total. The average molecular weight is 394 g/mol. The first-order valence-electron chi connectivity index (χ1n) is 9.97. The molecule has 2 aromatic carbocycles. The number of rotatable bonds is 7. The lowest BCUT2D eigenvalue weighted by atomic mass is 10.0. The zero-order chi connectivity index (χ0) is 21.0. The number of ether oxygens (including phenoxy) is 1. The summed E-state index contributed by atoms with van der Waals surface area (Å²) >= 11 is 0. The van der Waals surface area contributed by atoms with Crippen molar-refractivity contribution >= 4 is 29.0 Å². The predicted molar refractivity (Wildman–Crippen MR) is 113 cm³/mol. The van der Waals surface area contributed by atoms with E-state index in [-0.39, 0.29) is 24.1 Å². The molecule has 29 heavy (non-hydrogen) atoms. The molecule has 0 aromatic heterocycles. The summed E-state index contributed by atoms with van der Waals surface area (Å²) in [6, 6.07) is 12.6. The Hall–Kier alpha value is -3.15. The number of Topliss-reactive ketones (excluding diaryl/α,β-unsaturated/α-hetero) is 1. The number of carbonyl (C=O) groups excluding carboxylic acids is 3. The van der Waals surface area contributed by atoms with Gasteiger partial charge in [-0.2, -0.15) is 0 Å². The van der Waals surface area contributed by atoms with Crippen molar-refractivity contribution < 1.29 is 19.1 Å². The second-order valence-electron chi connectivity index (χ2n) is 7.10. The second-order valence-corrected chi connectivity index (χ2v) is 7.10. The van der Waals surface area contributed by atoms with Crippen LogP contribution in [0.3, 0.4) is 0 Å². The summed E-state index contributed by atoms with van der Waals surface area (Å²) in [4.78, 5) is 39.2. The Balaban J connectivity index is 1.86. The number of hydrogen-bond acceptors (Lipinski definition) is 4. The molecule has 6 heteroatoms. The third-order valence-electron chi connectivity index (χ3n) is 4.94. The van der Waals surface area contributed by atoms with Gasteiger partial charge in [-0.05, 0) is 49.6 Å². The Bertz CT molecular complexity index is 938. The van der Waals surface area contributed by atoms with Crippen LogP contribution in [0.25, 0.3) is 0 Å². The standard InChI is InChI=1S/C23H26N2O4/c1-4-8-20(26)17-11-12-21-19(13-17)25(23(28)15(3)29-21)14-22(27)24-18-10-7-6-9-16(18)5-2/h6-7,9-13,15H,4-5,8,14H2,1-3H3,(H,24,27). The van der Waals surface area contributed by atoms with Crippen molar-refractivity contribution in [3.05, 3.63) is 53.6 Å². The van der Waals surface area contributed by atoms with E-state index in [4.69, 9.17) is 4.74 Å². The number of fused-ring (bicyclic) bond motifs is 1. The zero-order valence-electron chi connectivity index (χ0n) is 17.0. The molecule has 1 heterocycles. The number of amides is 2. The molecular formula is C23H26N2O4. The van der Waals surface area contributed by atoms with Crippen LogP contribution < -0.4 is 15.0 Å². The van der Waals surface area contributed by atoms with Crippen molar-refractivity contribution in [3.8, 4) is 5.75 Å². The van der Waals surface area contributed by atoms with Crippen LogP contribution in [0, 0.1) is 0 Å². The van der Waals surface area contributed by atoms with Crippen molar-refractivity contribution in [2.45, 2.75) is 46.1 Å². The molecule has 0 aliphatic carbocycles. The van der Waals surface area contributed by atoms with Gasteiger partial charge < -0.3 is 10.1 Å². The Labute approximate surface area is 170 Å². The first-order chi connectivity index (χ1) is 13.9. The summed E-state index contributed by atoms with van der Waals surface area (Å²) in [5.41, 5.74) is 2.73. The van der Waals surface area contributed by atoms with Crippen LogP contribution in [-0.4, -0.2) is 30.2 Å². The van der Waals surface area contributed by atoms with Gasteiger partial charge in [0.2, 0.25) is 5.91 Å². The van der Waals surface area contributed by atoms with Crippen LogP contribution >= 0.6 is 0 Å². The van der Waals surface area contributed by atoms with Crippen LogP contribution in [0.5, 0.6) is 5.75 Å². The molecule has 2 aromatic rings. The summed E-state index contributed by atoms with van der Waals surface area (Å²) in [6.07, 6.45) is 1.26. The van der Waals surface area contributed by atoms with Gasteiger partial charge >= 0.3 is 0 Å². The van der Waals surface area contributed by atoms with Gasteiger partial charge in [-0.3, -0.25) is 19.3 Å². The van der Waals surface area contributed by atoms with Crippen LogP contribution in [0.4, 0.5) is 11.4 Å². The maximum absolute atomic E-state index is 12.7. The van der Waals surface area contributed by atoms with Crippen molar-refractivity contribution in [2.24, 2.45) is 0 Å². The molecule has 0 spiro atoms. The highest BCUT2D eigenvalue weighted by molar-refractivity contribution is 6.07. The van der Waals surface area contributed by atoms with Gasteiger partial charge in [-0.25, -0.2) is 0 Å². The minimum absolute atomic E-state index is 0.00245. The molecule has 152 valence electrons. The highest BCUT2D eigenvalue weighted by Crippen LogP contribution is 2.35. The molecule has 0 bridgehead atoms. The van der Waals surface area contributed by atoms with Crippen molar-refractivity contribution in [1.29, 1.82) is 0 Å². The van der Waals surface area contributed by atoms with Crippen LogP contribution in [0.1, 0.15) is 49.5 Å².